The summed E-state index contributed by atoms with van der Waals surface area (Å²) in [4.78, 5) is 0. The largest absolute Gasteiger partial charge is 0.243 e. The number of unbranched alkanes of at least 4 members (excludes halogenated alkanes) is 13. The van der Waals surface area contributed by atoms with Crippen molar-refractivity contribution in [2.45, 2.75) is 123 Å². The zero-order chi connectivity index (χ0) is 17.3. The molecule has 0 radical (unpaired) electrons. The average molecular weight is 336 g/mol. The second-order valence-electron chi connectivity index (χ2n) is 7.49. The van der Waals surface area contributed by atoms with Crippen molar-refractivity contribution in [3.8, 4) is 0 Å². The maximum absolute atomic E-state index is 2.37. The van der Waals surface area contributed by atoms with Gasteiger partial charge in [0, 0.05) is 0 Å². The van der Waals surface area contributed by atoms with Crippen molar-refractivity contribution in [3.63, 3.8) is 0 Å². The third kappa shape index (κ3) is 11.7. The van der Waals surface area contributed by atoms with Crippen molar-refractivity contribution in [1.82, 2.24) is 4.57 Å². The van der Waals surface area contributed by atoms with Crippen molar-refractivity contribution in [1.29, 1.82) is 0 Å². The lowest BCUT2D eigenvalue weighted by molar-refractivity contribution is -0.696. The van der Waals surface area contributed by atoms with Crippen LogP contribution in [0.1, 0.15) is 110 Å². The molecule has 0 unspecified atom stereocenters. The molecular formula is C22H43N2+. The molecule has 1 rings (SSSR count). The van der Waals surface area contributed by atoms with Gasteiger partial charge in [-0.3, -0.25) is 0 Å². The zero-order valence-corrected chi connectivity index (χ0v) is 16.6. The minimum Gasteiger partial charge on any atom is -0.237 e. The van der Waals surface area contributed by atoms with Crippen molar-refractivity contribution in [2.24, 2.45) is 0 Å². The standard InChI is InChI=1S/C22H43N2/c1-3-5-7-9-11-12-13-15-17-19-24-21-20-23(22-24)18-16-14-10-8-6-4-2/h20-22H,3-19H2,1-2H3/q+1. The van der Waals surface area contributed by atoms with Crippen molar-refractivity contribution in [2.75, 3.05) is 0 Å². The molecule has 2 nitrogen and oxygen atoms in total. The lowest BCUT2D eigenvalue weighted by Crippen LogP contribution is -2.30. The molecule has 0 aromatic carbocycles. The van der Waals surface area contributed by atoms with E-state index in [-0.39, 0.29) is 0 Å². The number of hydrogen-bond donors (Lipinski definition) is 0. The molecule has 1 aromatic heterocycles. The second kappa shape index (κ2) is 15.7. The molecule has 0 atom stereocenters. The van der Waals surface area contributed by atoms with Gasteiger partial charge in [-0.15, -0.1) is 0 Å². The Bertz CT molecular complexity index is 370. The van der Waals surface area contributed by atoms with E-state index in [0.717, 1.165) is 0 Å². The first-order valence-electron chi connectivity index (χ1n) is 10.9. The fourth-order valence-corrected chi connectivity index (χ4v) is 3.38. The Hall–Kier alpha value is -0.790. The summed E-state index contributed by atoms with van der Waals surface area (Å²) in [6, 6.07) is 0. The lowest BCUT2D eigenvalue weighted by atomic mass is 10.1. The molecule has 0 amide bonds. The van der Waals surface area contributed by atoms with Gasteiger partial charge in [0.25, 0.3) is 0 Å². The number of hydrogen-bond acceptors (Lipinski definition) is 0. The van der Waals surface area contributed by atoms with E-state index in [0.29, 0.717) is 0 Å². The fourth-order valence-electron chi connectivity index (χ4n) is 3.38. The number of imidazole rings is 1. The predicted molar refractivity (Wildman–Crippen MR) is 105 cm³/mol. The van der Waals surface area contributed by atoms with Gasteiger partial charge in [-0.25, -0.2) is 9.13 Å². The summed E-state index contributed by atoms with van der Waals surface area (Å²) in [6.45, 7) is 6.96. The Morgan fingerprint density at radius 1 is 0.625 bits per heavy atom. The Morgan fingerprint density at radius 2 is 1.12 bits per heavy atom. The van der Waals surface area contributed by atoms with Gasteiger partial charge in [0.15, 0.2) is 0 Å². The number of rotatable bonds is 17. The Labute approximate surface area is 151 Å². The monoisotopic (exact) mass is 335 g/mol. The fraction of sp³-hybridized carbons (Fsp3) is 0.864. The first kappa shape index (κ1) is 21.3. The van der Waals surface area contributed by atoms with Gasteiger partial charge in [-0.2, -0.15) is 0 Å². The van der Waals surface area contributed by atoms with Crippen LogP contribution in [0.2, 0.25) is 0 Å². The molecule has 140 valence electrons. The van der Waals surface area contributed by atoms with Crippen LogP contribution in [0, 0.1) is 0 Å². The molecule has 1 heterocycles. The topological polar surface area (TPSA) is 8.81 Å². The van der Waals surface area contributed by atoms with Crippen LogP contribution >= 0.6 is 0 Å². The second-order valence-corrected chi connectivity index (χ2v) is 7.49. The number of aryl methyl sites for hydroxylation is 2. The van der Waals surface area contributed by atoms with Gasteiger partial charge in [0.05, 0.1) is 13.1 Å². The minimum atomic E-state index is 1.19. The van der Waals surface area contributed by atoms with Crippen molar-refractivity contribution >= 4 is 0 Å². The molecule has 0 spiro atoms. The minimum absolute atomic E-state index is 1.19. The summed E-state index contributed by atoms with van der Waals surface area (Å²) in [7, 11) is 0. The van der Waals surface area contributed by atoms with Crippen molar-refractivity contribution in [3.05, 3.63) is 18.7 Å². The quantitative estimate of drug-likeness (QED) is 0.222. The summed E-state index contributed by atoms with van der Waals surface area (Å²) in [6.07, 6.45) is 27.8. The first-order valence-corrected chi connectivity index (χ1v) is 10.9. The summed E-state index contributed by atoms with van der Waals surface area (Å²) in [5.41, 5.74) is 0. The van der Waals surface area contributed by atoms with Crippen LogP contribution in [0.15, 0.2) is 18.7 Å². The normalized spacial score (nSPS) is 11.2. The van der Waals surface area contributed by atoms with Gasteiger partial charge >= 0.3 is 0 Å². The third-order valence-corrected chi connectivity index (χ3v) is 5.04. The summed E-state index contributed by atoms with van der Waals surface area (Å²) >= 11 is 0. The highest BCUT2D eigenvalue weighted by molar-refractivity contribution is 4.66. The number of nitrogens with zero attached hydrogens (tertiary/aromatic N) is 2. The summed E-state index contributed by atoms with van der Waals surface area (Å²) < 4.78 is 4.74. The highest BCUT2D eigenvalue weighted by Gasteiger charge is 2.03. The summed E-state index contributed by atoms with van der Waals surface area (Å²) in [5.74, 6) is 0. The van der Waals surface area contributed by atoms with Gasteiger partial charge in [-0.1, -0.05) is 84.5 Å². The predicted octanol–water partition coefficient (Wildman–Crippen LogP) is 6.67. The first-order chi connectivity index (χ1) is 11.9. The molecule has 0 fully saturated rings. The molecule has 0 saturated heterocycles. The van der Waals surface area contributed by atoms with E-state index in [1.807, 2.05) is 0 Å². The van der Waals surface area contributed by atoms with Crippen LogP contribution in [0.25, 0.3) is 0 Å². The highest BCUT2D eigenvalue weighted by atomic mass is 15.1. The summed E-state index contributed by atoms with van der Waals surface area (Å²) in [5, 5.41) is 0. The third-order valence-electron chi connectivity index (χ3n) is 5.04. The Kier molecular flexibility index (Phi) is 13.9. The van der Waals surface area contributed by atoms with Crippen LogP contribution < -0.4 is 4.57 Å². The molecular weight excluding hydrogens is 292 g/mol. The molecule has 0 aliphatic carbocycles. The Balaban J connectivity index is 1.94. The molecule has 0 bridgehead atoms. The highest BCUT2D eigenvalue weighted by Crippen LogP contribution is 2.09. The van der Waals surface area contributed by atoms with E-state index < -0.39 is 0 Å². The average Bonchev–Trinajstić information content (AvgIpc) is 3.04. The Morgan fingerprint density at radius 3 is 1.71 bits per heavy atom. The molecule has 0 saturated carbocycles. The molecule has 24 heavy (non-hydrogen) atoms. The van der Waals surface area contributed by atoms with Crippen LogP contribution in [-0.2, 0) is 13.1 Å². The smallest absolute Gasteiger partial charge is 0.237 e. The number of aromatic nitrogens is 2. The van der Waals surface area contributed by atoms with Gasteiger partial charge in [0.2, 0.25) is 6.33 Å². The van der Waals surface area contributed by atoms with Crippen LogP contribution in [-0.4, -0.2) is 4.57 Å². The van der Waals surface area contributed by atoms with Crippen molar-refractivity contribution < 1.29 is 4.57 Å². The lowest BCUT2D eigenvalue weighted by Gasteiger charge is -2.01. The maximum atomic E-state index is 2.37. The van der Waals surface area contributed by atoms with E-state index in [1.165, 1.54) is 109 Å². The molecule has 2 heteroatoms. The van der Waals surface area contributed by atoms with E-state index in [4.69, 9.17) is 0 Å². The van der Waals surface area contributed by atoms with Crippen LogP contribution in [0.4, 0.5) is 0 Å². The maximum Gasteiger partial charge on any atom is 0.243 e. The van der Waals surface area contributed by atoms with Crippen LogP contribution in [0.3, 0.4) is 0 Å². The van der Waals surface area contributed by atoms with E-state index in [9.17, 15) is 0 Å². The zero-order valence-electron chi connectivity index (χ0n) is 16.6. The van der Waals surface area contributed by atoms with E-state index >= 15 is 0 Å². The van der Waals surface area contributed by atoms with Crippen LogP contribution in [0.5, 0.6) is 0 Å². The van der Waals surface area contributed by atoms with Gasteiger partial charge in [-0.05, 0) is 25.7 Å². The van der Waals surface area contributed by atoms with E-state index in [1.54, 1.807) is 0 Å². The SMILES string of the molecule is CCCCCCCCCCC[n+]1ccn(CCCCCCCC)c1. The van der Waals surface area contributed by atoms with Gasteiger partial charge < -0.3 is 0 Å². The molecule has 1 aromatic rings. The molecule has 0 aliphatic heterocycles. The molecule has 0 N–H and O–H groups in total. The van der Waals surface area contributed by atoms with E-state index in [2.05, 4.69) is 41.7 Å². The molecule has 0 aliphatic rings. The van der Waals surface area contributed by atoms with Gasteiger partial charge in [0.1, 0.15) is 12.4 Å².